The first-order chi connectivity index (χ1) is 16.1. The van der Waals surface area contributed by atoms with Crippen LogP contribution in [0.15, 0.2) is 54.2 Å². The Bertz CT molecular complexity index is 1140. The molecule has 0 unspecified atom stereocenters. The largest absolute Gasteiger partial charge is 0.463 e. The lowest BCUT2D eigenvalue weighted by molar-refractivity contribution is -0.146. The van der Waals surface area contributed by atoms with Crippen molar-refractivity contribution in [3.63, 3.8) is 0 Å². The van der Waals surface area contributed by atoms with Gasteiger partial charge in [-0.1, -0.05) is 18.2 Å². The number of anilines is 1. The Hall–Kier alpha value is -3.96. The van der Waals surface area contributed by atoms with Gasteiger partial charge >= 0.3 is 6.18 Å². The fourth-order valence-electron chi connectivity index (χ4n) is 3.85. The minimum Gasteiger partial charge on any atom is -0.463 e. The quantitative estimate of drug-likeness (QED) is 0.413. The molecule has 0 bridgehead atoms. The molecule has 0 aliphatic carbocycles. The second kappa shape index (κ2) is 9.89. The molecule has 7 nitrogen and oxygen atoms in total. The summed E-state index contributed by atoms with van der Waals surface area (Å²) in [6, 6.07) is 6.93. The number of hydrogen-bond donors (Lipinski definition) is 3. The van der Waals surface area contributed by atoms with Crippen molar-refractivity contribution in [2.45, 2.75) is 18.1 Å². The van der Waals surface area contributed by atoms with Gasteiger partial charge in [0.2, 0.25) is 12.8 Å². The fourth-order valence-corrected chi connectivity index (χ4v) is 3.85. The average Bonchev–Trinajstić information content (AvgIpc) is 2.76. The van der Waals surface area contributed by atoms with E-state index < -0.39 is 49.2 Å². The normalized spacial score (nSPS) is 18.3. The van der Waals surface area contributed by atoms with Crippen LogP contribution in [0.1, 0.15) is 21.8 Å². The smallest absolute Gasteiger partial charge is 0.406 e. The van der Waals surface area contributed by atoms with Gasteiger partial charge in [0.1, 0.15) is 18.1 Å². The van der Waals surface area contributed by atoms with Crippen LogP contribution in [0.5, 0.6) is 5.75 Å². The summed E-state index contributed by atoms with van der Waals surface area (Å²) in [6.07, 6.45) is -3.31. The lowest BCUT2D eigenvalue weighted by atomic mass is 9.79. The van der Waals surface area contributed by atoms with E-state index in [2.05, 4.69) is 10.1 Å². The molecule has 0 radical (unpaired) electrons. The molecule has 1 aliphatic heterocycles. The zero-order chi connectivity index (χ0) is 25.0. The minimum atomic E-state index is -4.82. The molecule has 0 spiro atoms. The molecule has 34 heavy (non-hydrogen) atoms. The molecule has 12 heteroatoms. The van der Waals surface area contributed by atoms with E-state index in [1.807, 2.05) is 0 Å². The Morgan fingerprint density at radius 2 is 1.94 bits per heavy atom. The Balaban J connectivity index is 2.13. The van der Waals surface area contributed by atoms with E-state index in [1.54, 1.807) is 0 Å². The number of carbonyl (C=O) groups is 2. The molecule has 0 fully saturated rings. The monoisotopic (exact) mass is 482 g/mol. The summed E-state index contributed by atoms with van der Waals surface area (Å²) in [5, 5.41) is 9.98. The summed E-state index contributed by atoms with van der Waals surface area (Å²) in [6.45, 7) is -2.96. The fraction of sp³-hybridized carbons (Fsp3) is 0.227. The van der Waals surface area contributed by atoms with Gasteiger partial charge < -0.3 is 26.1 Å². The molecule has 1 heterocycles. The number of halogens is 5. The SMILES string of the molecule is N=CC(=CN)[C@@H]1[C@@H](C(=O)Nc2cc(F)cc(OCF)c2)c2ccccc2C(=O)N1CC(F)(F)F. The first kappa shape index (κ1) is 24.7. The van der Waals surface area contributed by atoms with Gasteiger partial charge in [-0.25, -0.2) is 8.78 Å². The highest BCUT2D eigenvalue weighted by molar-refractivity contribution is 6.06. The van der Waals surface area contributed by atoms with E-state index in [9.17, 15) is 31.5 Å². The summed E-state index contributed by atoms with van der Waals surface area (Å²) >= 11 is 0. The summed E-state index contributed by atoms with van der Waals surface area (Å²) in [4.78, 5) is 26.8. The second-order valence-corrected chi connectivity index (χ2v) is 7.29. The third-order valence-corrected chi connectivity index (χ3v) is 5.13. The number of nitrogens with zero attached hydrogens (tertiary/aromatic N) is 1. The van der Waals surface area contributed by atoms with E-state index in [0.717, 1.165) is 24.4 Å². The molecule has 0 aromatic heterocycles. The minimum absolute atomic E-state index is 0.103. The van der Waals surface area contributed by atoms with Crippen molar-refractivity contribution in [1.82, 2.24) is 4.90 Å². The van der Waals surface area contributed by atoms with Gasteiger partial charge in [0, 0.05) is 41.4 Å². The average molecular weight is 482 g/mol. The molecule has 180 valence electrons. The molecular formula is C22H19F5N4O3. The number of benzene rings is 2. The third kappa shape index (κ3) is 5.16. The van der Waals surface area contributed by atoms with Crippen LogP contribution in [0, 0.1) is 11.2 Å². The highest BCUT2D eigenvalue weighted by Gasteiger charge is 2.48. The predicted octanol–water partition coefficient (Wildman–Crippen LogP) is 3.73. The summed E-state index contributed by atoms with van der Waals surface area (Å²) in [5.41, 5.74) is 5.13. The summed E-state index contributed by atoms with van der Waals surface area (Å²) in [7, 11) is 0. The Morgan fingerprint density at radius 3 is 2.56 bits per heavy atom. The first-order valence-electron chi connectivity index (χ1n) is 9.78. The number of hydrogen-bond acceptors (Lipinski definition) is 5. The van der Waals surface area contributed by atoms with Gasteiger partial charge in [-0.05, 0) is 17.7 Å². The van der Waals surface area contributed by atoms with Crippen molar-refractivity contribution in [1.29, 1.82) is 5.41 Å². The van der Waals surface area contributed by atoms with E-state index in [-0.39, 0.29) is 28.1 Å². The topological polar surface area (TPSA) is 109 Å². The lowest BCUT2D eigenvalue weighted by Gasteiger charge is -2.42. The molecule has 3 rings (SSSR count). The van der Waals surface area contributed by atoms with Gasteiger partial charge in [-0.15, -0.1) is 0 Å². The van der Waals surface area contributed by atoms with Crippen molar-refractivity contribution in [3.05, 3.63) is 71.2 Å². The van der Waals surface area contributed by atoms with Crippen LogP contribution < -0.4 is 15.8 Å². The van der Waals surface area contributed by atoms with Crippen LogP contribution in [0.3, 0.4) is 0 Å². The standard InChI is InChI=1S/C22H19F5N4O3/c23-11-34-15-6-13(24)5-14(7-15)30-20(32)18-16-3-1-2-4-17(16)21(33)31(10-22(25,26)27)19(18)12(8-28)9-29/h1-9,18-19,28H,10-11,29H2,(H,30,32)/t18-,19+/m0/s1. The van der Waals surface area contributed by atoms with Gasteiger partial charge in [-0.2, -0.15) is 13.2 Å². The van der Waals surface area contributed by atoms with Gasteiger partial charge in [-0.3, -0.25) is 9.59 Å². The first-order valence-corrected chi connectivity index (χ1v) is 9.78. The van der Waals surface area contributed by atoms with Crippen molar-refractivity contribution in [3.8, 4) is 5.75 Å². The molecule has 0 saturated heterocycles. The number of carbonyl (C=O) groups excluding carboxylic acids is 2. The summed E-state index contributed by atoms with van der Waals surface area (Å²) in [5.74, 6) is -4.43. The third-order valence-electron chi connectivity index (χ3n) is 5.13. The van der Waals surface area contributed by atoms with Gasteiger partial charge in [0.05, 0.1) is 12.0 Å². The Labute approximate surface area is 190 Å². The van der Waals surface area contributed by atoms with Gasteiger partial charge in [0.15, 0.2) is 0 Å². The maximum Gasteiger partial charge on any atom is 0.406 e. The highest BCUT2D eigenvalue weighted by atomic mass is 19.4. The van der Waals surface area contributed by atoms with Gasteiger partial charge in [0.25, 0.3) is 5.91 Å². The van der Waals surface area contributed by atoms with Crippen molar-refractivity contribution in [2.75, 3.05) is 18.7 Å². The molecule has 2 aromatic rings. The number of nitrogens with one attached hydrogen (secondary N) is 2. The lowest BCUT2D eigenvalue weighted by Crippen LogP contribution is -2.55. The zero-order valence-electron chi connectivity index (χ0n) is 17.4. The van der Waals surface area contributed by atoms with Crippen molar-refractivity contribution >= 4 is 23.7 Å². The molecule has 0 saturated carbocycles. The molecular weight excluding hydrogens is 463 g/mol. The number of amides is 2. The number of alkyl halides is 4. The Kier molecular flexibility index (Phi) is 7.18. The zero-order valence-corrected chi connectivity index (χ0v) is 17.4. The van der Waals surface area contributed by atoms with E-state index in [4.69, 9.17) is 11.1 Å². The Morgan fingerprint density at radius 1 is 1.24 bits per heavy atom. The van der Waals surface area contributed by atoms with E-state index in [0.29, 0.717) is 11.1 Å². The number of fused-ring (bicyclic) bond motifs is 1. The molecule has 2 atom stereocenters. The maximum absolute atomic E-state index is 13.9. The van der Waals surface area contributed by atoms with Crippen LogP contribution in [0.25, 0.3) is 0 Å². The predicted molar refractivity (Wildman–Crippen MR) is 113 cm³/mol. The maximum atomic E-state index is 13.9. The second-order valence-electron chi connectivity index (χ2n) is 7.29. The van der Waals surface area contributed by atoms with Crippen LogP contribution in [0.4, 0.5) is 27.6 Å². The molecule has 4 N–H and O–H groups in total. The molecule has 2 aromatic carbocycles. The van der Waals surface area contributed by atoms with Crippen LogP contribution in [0.2, 0.25) is 0 Å². The van der Waals surface area contributed by atoms with Crippen molar-refractivity contribution < 1.29 is 36.3 Å². The van der Waals surface area contributed by atoms with E-state index >= 15 is 0 Å². The number of rotatable bonds is 7. The van der Waals surface area contributed by atoms with E-state index in [1.165, 1.54) is 24.3 Å². The molecule has 2 amide bonds. The van der Waals surface area contributed by atoms with Crippen LogP contribution in [-0.4, -0.2) is 48.6 Å². The van der Waals surface area contributed by atoms with Crippen LogP contribution in [-0.2, 0) is 4.79 Å². The van der Waals surface area contributed by atoms with Crippen LogP contribution >= 0.6 is 0 Å². The molecule has 1 aliphatic rings. The number of ether oxygens (including phenoxy) is 1. The highest BCUT2D eigenvalue weighted by Crippen LogP contribution is 2.39. The summed E-state index contributed by atoms with van der Waals surface area (Å²) < 4.78 is 71.1. The number of nitrogens with two attached hydrogens (primary N) is 1. The van der Waals surface area contributed by atoms with Crippen molar-refractivity contribution in [2.24, 2.45) is 5.73 Å².